The highest BCUT2D eigenvalue weighted by molar-refractivity contribution is 5.88. The van der Waals surface area contributed by atoms with E-state index in [1.807, 2.05) is 46.1 Å². The number of amides is 1. The molecule has 1 amide bonds. The Labute approximate surface area is 158 Å². The Balaban J connectivity index is 1.76. The van der Waals surface area contributed by atoms with Gasteiger partial charge in [-0.1, -0.05) is 25.1 Å². The Morgan fingerprint density at radius 2 is 1.81 bits per heavy atom. The number of hydrogen-bond donors (Lipinski definition) is 0. The molecule has 140 valence electrons. The first-order chi connectivity index (χ1) is 13.2. The summed E-state index contributed by atoms with van der Waals surface area (Å²) in [5.41, 5.74) is 1.82. The van der Waals surface area contributed by atoms with E-state index in [2.05, 4.69) is 16.9 Å². The topological polar surface area (TPSA) is 67.2 Å². The number of piperazine rings is 1. The SMILES string of the molecule is CCCc1nc(N2CCN(C(C)=O)CC2)c2cnn(-c3ccccc3)c2n1. The van der Waals surface area contributed by atoms with Gasteiger partial charge in [0, 0.05) is 39.5 Å². The van der Waals surface area contributed by atoms with Gasteiger partial charge in [-0.15, -0.1) is 0 Å². The van der Waals surface area contributed by atoms with Crippen molar-refractivity contribution < 1.29 is 4.79 Å². The van der Waals surface area contributed by atoms with Crippen LogP contribution in [0.25, 0.3) is 16.7 Å². The molecule has 0 unspecified atom stereocenters. The van der Waals surface area contributed by atoms with Crippen LogP contribution in [0.4, 0.5) is 5.82 Å². The van der Waals surface area contributed by atoms with Crippen molar-refractivity contribution in [3.05, 3.63) is 42.4 Å². The van der Waals surface area contributed by atoms with Crippen molar-refractivity contribution in [2.75, 3.05) is 31.1 Å². The molecule has 1 aliphatic rings. The Morgan fingerprint density at radius 3 is 2.48 bits per heavy atom. The number of aryl methyl sites for hydroxylation is 1. The second-order valence-electron chi connectivity index (χ2n) is 6.84. The van der Waals surface area contributed by atoms with Crippen LogP contribution >= 0.6 is 0 Å². The van der Waals surface area contributed by atoms with Crippen LogP contribution in [-0.2, 0) is 11.2 Å². The number of hydrogen-bond acceptors (Lipinski definition) is 5. The summed E-state index contributed by atoms with van der Waals surface area (Å²) in [5.74, 6) is 1.89. The van der Waals surface area contributed by atoms with Gasteiger partial charge in [0.15, 0.2) is 5.65 Å². The van der Waals surface area contributed by atoms with E-state index in [9.17, 15) is 4.79 Å². The lowest BCUT2D eigenvalue weighted by Crippen LogP contribution is -2.48. The average molecular weight is 364 g/mol. The van der Waals surface area contributed by atoms with Gasteiger partial charge in [0.1, 0.15) is 11.6 Å². The molecule has 0 saturated carbocycles. The van der Waals surface area contributed by atoms with Crippen molar-refractivity contribution in [2.24, 2.45) is 0 Å². The highest BCUT2D eigenvalue weighted by Crippen LogP contribution is 2.27. The molecular formula is C20H24N6O. The van der Waals surface area contributed by atoms with Crippen LogP contribution in [0, 0.1) is 0 Å². The minimum absolute atomic E-state index is 0.131. The van der Waals surface area contributed by atoms with Crippen LogP contribution in [0.3, 0.4) is 0 Å². The maximum Gasteiger partial charge on any atom is 0.219 e. The van der Waals surface area contributed by atoms with Gasteiger partial charge < -0.3 is 9.80 Å². The molecule has 3 aromatic rings. The van der Waals surface area contributed by atoms with Gasteiger partial charge >= 0.3 is 0 Å². The molecule has 2 aromatic heterocycles. The minimum atomic E-state index is 0.131. The normalized spacial score (nSPS) is 14.7. The van der Waals surface area contributed by atoms with Crippen LogP contribution in [0.15, 0.2) is 36.5 Å². The summed E-state index contributed by atoms with van der Waals surface area (Å²) in [6.45, 7) is 6.74. The molecule has 27 heavy (non-hydrogen) atoms. The summed E-state index contributed by atoms with van der Waals surface area (Å²) in [5, 5.41) is 5.54. The third kappa shape index (κ3) is 3.37. The lowest BCUT2D eigenvalue weighted by atomic mass is 10.2. The fourth-order valence-corrected chi connectivity index (χ4v) is 3.50. The second-order valence-corrected chi connectivity index (χ2v) is 6.84. The Kier molecular flexibility index (Phi) is 4.75. The minimum Gasteiger partial charge on any atom is -0.352 e. The molecule has 0 radical (unpaired) electrons. The largest absolute Gasteiger partial charge is 0.352 e. The van der Waals surface area contributed by atoms with Crippen LogP contribution < -0.4 is 4.90 Å². The predicted octanol–water partition coefficient (Wildman–Crippen LogP) is 2.44. The van der Waals surface area contributed by atoms with Crippen molar-refractivity contribution >= 4 is 22.8 Å². The second kappa shape index (κ2) is 7.34. The number of nitrogens with zero attached hydrogens (tertiary/aromatic N) is 6. The molecule has 1 aromatic carbocycles. The Morgan fingerprint density at radius 1 is 1.07 bits per heavy atom. The maximum absolute atomic E-state index is 11.6. The third-order valence-electron chi connectivity index (χ3n) is 4.95. The molecular weight excluding hydrogens is 340 g/mol. The van der Waals surface area contributed by atoms with Gasteiger partial charge in [-0.3, -0.25) is 4.79 Å². The van der Waals surface area contributed by atoms with E-state index in [1.165, 1.54) is 0 Å². The smallest absolute Gasteiger partial charge is 0.219 e. The van der Waals surface area contributed by atoms with E-state index >= 15 is 0 Å². The number of rotatable bonds is 4. The fraction of sp³-hybridized carbons (Fsp3) is 0.400. The van der Waals surface area contributed by atoms with E-state index in [0.717, 1.165) is 67.4 Å². The molecule has 7 nitrogen and oxygen atoms in total. The number of aromatic nitrogens is 4. The first-order valence-electron chi connectivity index (χ1n) is 9.48. The van der Waals surface area contributed by atoms with Gasteiger partial charge in [0.2, 0.25) is 5.91 Å². The van der Waals surface area contributed by atoms with Gasteiger partial charge in [0.05, 0.1) is 17.3 Å². The zero-order chi connectivity index (χ0) is 18.8. The van der Waals surface area contributed by atoms with E-state index in [4.69, 9.17) is 9.97 Å². The molecule has 3 heterocycles. The van der Waals surface area contributed by atoms with Crippen LogP contribution in [0.2, 0.25) is 0 Å². The molecule has 0 atom stereocenters. The van der Waals surface area contributed by atoms with Crippen LogP contribution in [0.5, 0.6) is 0 Å². The summed E-state index contributed by atoms with van der Waals surface area (Å²) in [6.07, 6.45) is 3.67. The van der Waals surface area contributed by atoms with E-state index in [0.29, 0.717) is 0 Å². The van der Waals surface area contributed by atoms with Crippen LogP contribution in [-0.4, -0.2) is 56.7 Å². The molecule has 4 rings (SSSR count). The number of carbonyl (C=O) groups is 1. The van der Waals surface area contributed by atoms with E-state index < -0.39 is 0 Å². The molecule has 1 fully saturated rings. The number of anilines is 1. The molecule has 1 saturated heterocycles. The zero-order valence-corrected chi connectivity index (χ0v) is 15.8. The van der Waals surface area contributed by atoms with Crippen molar-refractivity contribution in [2.45, 2.75) is 26.7 Å². The highest BCUT2D eigenvalue weighted by Gasteiger charge is 2.23. The molecule has 7 heteroatoms. The highest BCUT2D eigenvalue weighted by atomic mass is 16.2. The summed E-state index contributed by atoms with van der Waals surface area (Å²) in [6, 6.07) is 10.0. The van der Waals surface area contributed by atoms with Crippen molar-refractivity contribution in [3.8, 4) is 5.69 Å². The summed E-state index contributed by atoms with van der Waals surface area (Å²) < 4.78 is 1.88. The van der Waals surface area contributed by atoms with Gasteiger partial charge in [0.25, 0.3) is 0 Å². The molecule has 0 spiro atoms. The molecule has 0 bridgehead atoms. The molecule has 0 N–H and O–H groups in total. The maximum atomic E-state index is 11.6. The molecule has 1 aliphatic heterocycles. The van der Waals surface area contributed by atoms with E-state index in [-0.39, 0.29) is 5.91 Å². The fourth-order valence-electron chi connectivity index (χ4n) is 3.50. The van der Waals surface area contributed by atoms with E-state index in [1.54, 1.807) is 6.92 Å². The average Bonchev–Trinajstić information content (AvgIpc) is 3.12. The summed E-state index contributed by atoms with van der Waals surface area (Å²) in [4.78, 5) is 25.4. The number of benzene rings is 1. The van der Waals surface area contributed by atoms with Crippen molar-refractivity contribution in [1.29, 1.82) is 0 Å². The Bertz CT molecular complexity index is 944. The first kappa shape index (κ1) is 17.5. The number of carbonyl (C=O) groups excluding carboxylic acids is 1. The van der Waals surface area contributed by atoms with Crippen molar-refractivity contribution in [3.63, 3.8) is 0 Å². The van der Waals surface area contributed by atoms with Gasteiger partial charge in [-0.2, -0.15) is 5.10 Å². The monoisotopic (exact) mass is 364 g/mol. The summed E-state index contributed by atoms with van der Waals surface area (Å²) in [7, 11) is 0. The standard InChI is InChI=1S/C20H24N6O/c1-3-7-18-22-19(25-12-10-24(11-13-25)15(2)27)17-14-21-26(20(17)23-18)16-8-5-4-6-9-16/h4-6,8-9,14H,3,7,10-13H2,1-2H3. The number of para-hydroxylation sites is 1. The van der Waals surface area contributed by atoms with Gasteiger partial charge in [-0.25, -0.2) is 14.6 Å². The zero-order valence-electron chi connectivity index (χ0n) is 15.8. The quantitative estimate of drug-likeness (QED) is 0.711. The first-order valence-corrected chi connectivity index (χ1v) is 9.48. The molecule has 0 aliphatic carbocycles. The lowest BCUT2D eigenvalue weighted by molar-refractivity contribution is -0.129. The van der Waals surface area contributed by atoms with Crippen molar-refractivity contribution in [1.82, 2.24) is 24.6 Å². The predicted molar refractivity (Wildman–Crippen MR) is 105 cm³/mol. The Hall–Kier alpha value is -2.96. The number of fused-ring (bicyclic) bond motifs is 1. The van der Waals surface area contributed by atoms with Crippen LogP contribution in [0.1, 0.15) is 26.1 Å². The van der Waals surface area contributed by atoms with Gasteiger partial charge in [-0.05, 0) is 18.6 Å². The lowest BCUT2D eigenvalue weighted by Gasteiger charge is -2.35. The third-order valence-corrected chi connectivity index (χ3v) is 4.95. The summed E-state index contributed by atoms with van der Waals surface area (Å²) >= 11 is 0.